The number of aromatic nitrogens is 1. The second-order valence-electron chi connectivity index (χ2n) is 7.13. The Morgan fingerprint density at radius 2 is 1.93 bits per heavy atom. The van der Waals surface area contributed by atoms with Crippen molar-refractivity contribution < 1.29 is 9.59 Å². The molecule has 27 heavy (non-hydrogen) atoms. The van der Waals surface area contributed by atoms with E-state index in [2.05, 4.69) is 15.4 Å². The number of hydrogen-bond acceptors (Lipinski definition) is 5. The molecule has 7 heteroatoms. The summed E-state index contributed by atoms with van der Waals surface area (Å²) in [5, 5.41) is 11.9. The number of hydrogen-bond donors (Lipinski definition) is 1. The van der Waals surface area contributed by atoms with Crippen molar-refractivity contribution in [1.82, 2.24) is 10.3 Å². The molecular weight excluding hydrogens is 360 g/mol. The number of aryl methyl sites for hydroxylation is 1. The van der Waals surface area contributed by atoms with Crippen LogP contribution in [-0.4, -0.2) is 22.5 Å². The number of rotatable bonds is 4. The lowest BCUT2D eigenvalue weighted by Crippen LogP contribution is -2.48. The van der Waals surface area contributed by atoms with E-state index in [1.165, 1.54) is 5.01 Å². The topological polar surface area (TPSA) is 74.7 Å². The monoisotopic (exact) mass is 382 g/mol. The molecule has 0 atom stereocenters. The van der Waals surface area contributed by atoms with E-state index in [0.717, 1.165) is 36.4 Å². The number of benzene rings is 1. The Morgan fingerprint density at radius 3 is 2.59 bits per heavy atom. The Labute approximate surface area is 162 Å². The molecule has 4 rings (SSSR count). The normalized spacial score (nSPS) is 19.1. The molecule has 2 heterocycles. The van der Waals surface area contributed by atoms with E-state index < -0.39 is 5.54 Å². The van der Waals surface area contributed by atoms with Gasteiger partial charge in [0.2, 0.25) is 5.91 Å². The third-order valence-corrected chi connectivity index (χ3v) is 6.30. The summed E-state index contributed by atoms with van der Waals surface area (Å²) in [5.41, 5.74) is 1.65. The van der Waals surface area contributed by atoms with Crippen molar-refractivity contribution in [2.45, 2.75) is 51.0 Å². The number of hydrazone groups is 1. The number of amides is 2. The smallest absolute Gasteiger partial charge is 0.268 e. The van der Waals surface area contributed by atoms with E-state index in [4.69, 9.17) is 0 Å². The molecule has 2 aliphatic rings. The van der Waals surface area contributed by atoms with Crippen LogP contribution < -0.4 is 10.3 Å². The molecule has 0 spiro atoms. The van der Waals surface area contributed by atoms with Crippen LogP contribution in [0.4, 0.5) is 5.69 Å². The van der Waals surface area contributed by atoms with Crippen LogP contribution in [0.25, 0.3) is 0 Å². The molecule has 0 bridgehead atoms. The Bertz CT molecular complexity index is 884. The fourth-order valence-corrected chi connectivity index (χ4v) is 4.73. The summed E-state index contributed by atoms with van der Waals surface area (Å²) in [5.74, 6) is -0.290. The van der Waals surface area contributed by atoms with Crippen LogP contribution in [0, 0.1) is 6.92 Å². The summed E-state index contributed by atoms with van der Waals surface area (Å²) in [6.07, 6.45) is 4.56. The van der Waals surface area contributed by atoms with Crippen LogP contribution in [0.5, 0.6) is 0 Å². The minimum Gasteiger partial charge on any atom is -0.339 e. The highest BCUT2D eigenvalue weighted by Gasteiger charge is 2.41. The number of para-hydroxylation sites is 1. The number of nitrogens with zero attached hydrogens (tertiary/aromatic N) is 3. The zero-order valence-corrected chi connectivity index (χ0v) is 16.1. The first-order chi connectivity index (χ1) is 13.1. The van der Waals surface area contributed by atoms with Gasteiger partial charge in [-0.05, 0) is 31.9 Å². The molecule has 140 valence electrons. The van der Waals surface area contributed by atoms with Crippen molar-refractivity contribution in [3.8, 4) is 0 Å². The van der Waals surface area contributed by atoms with Gasteiger partial charge in [0.1, 0.15) is 10.7 Å². The van der Waals surface area contributed by atoms with Crippen molar-refractivity contribution in [1.29, 1.82) is 0 Å². The lowest BCUT2D eigenvalue weighted by Gasteiger charge is -2.30. The van der Waals surface area contributed by atoms with Crippen molar-refractivity contribution in [2.75, 3.05) is 5.01 Å². The molecule has 1 N–H and O–H groups in total. The molecule has 1 aromatic carbocycles. The SMILES string of the molecule is Cc1csc(C2(NC(=O)C3=NN(c4ccccc4)C(=O)CC3)CCCC2)n1. The molecule has 1 fully saturated rings. The van der Waals surface area contributed by atoms with Gasteiger partial charge in [0, 0.05) is 23.9 Å². The Morgan fingerprint density at radius 1 is 1.19 bits per heavy atom. The first-order valence-corrected chi connectivity index (χ1v) is 10.2. The minimum absolute atomic E-state index is 0.0936. The average Bonchev–Trinajstić information content (AvgIpc) is 3.33. The van der Waals surface area contributed by atoms with Gasteiger partial charge in [-0.25, -0.2) is 9.99 Å². The molecule has 1 aliphatic heterocycles. The fourth-order valence-electron chi connectivity index (χ4n) is 3.72. The van der Waals surface area contributed by atoms with E-state index >= 15 is 0 Å². The first kappa shape index (κ1) is 17.9. The molecule has 1 saturated carbocycles. The summed E-state index contributed by atoms with van der Waals surface area (Å²) >= 11 is 1.60. The number of anilines is 1. The van der Waals surface area contributed by atoms with Gasteiger partial charge in [0.15, 0.2) is 0 Å². The van der Waals surface area contributed by atoms with Gasteiger partial charge < -0.3 is 5.32 Å². The predicted molar refractivity (Wildman–Crippen MR) is 106 cm³/mol. The Hall–Kier alpha value is -2.54. The quantitative estimate of drug-likeness (QED) is 0.879. The van der Waals surface area contributed by atoms with E-state index in [1.807, 2.05) is 42.6 Å². The number of carbonyl (C=O) groups excluding carboxylic acids is 2. The van der Waals surface area contributed by atoms with Crippen molar-refractivity contribution in [2.24, 2.45) is 5.10 Å². The molecule has 1 aliphatic carbocycles. The second-order valence-corrected chi connectivity index (χ2v) is 7.98. The van der Waals surface area contributed by atoms with Crippen LogP contribution in [0.15, 0.2) is 40.8 Å². The summed E-state index contributed by atoms with van der Waals surface area (Å²) in [7, 11) is 0. The van der Waals surface area contributed by atoms with Crippen molar-refractivity contribution in [3.63, 3.8) is 0 Å². The standard InChI is InChI=1S/C20H22N4O2S/c1-14-13-27-19(21-14)20(11-5-6-12-20)22-18(26)16-9-10-17(25)24(23-16)15-7-3-2-4-8-15/h2-4,7-8,13H,5-6,9-12H2,1H3,(H,22,26). The van der Waals surface area contributed by atoms with Crippen LogP contribution >= 0.6 is 11.3 Å². The van der Waals surface area contributed by atoms with Crippen LogP contribution in [-0.2, 0) is 15.1 Å². The molecule has 0 saturated heterocycles. The van der Waals surface area contributed by atoms with Crippen LogP contribution in [0.3, 0.4) is 0 Å². The highest BCUT2D eigenvalue weighted by molar-refractivity contribution is 7.09. The van der Waals surface area contributed by atoms with E-state index in [0.29, 0.717) is 17.8 Å². The minimum atomic E-state index is -0.405. The maximum atomic E-state index is 13.0. The third-order valence-electron chi connectivity index (χ3n) is 5.13. The molecule has 6 nitrogen and oxygen atoms in total. The van der Waals surface area contributed by atoms with Gasteiger partial charge in [0.25, 0.3) is 5.91 Å². The highest BCUT2D eigenvalue weighted by Crippen LogP contribution is 2.40. The van der Waals surface area contributed by atoms with Crippen molar-refractivity contribution in [3.05, 3.63) is 46.4 Å². The molecule has 1 aromatic heterocycles. The van der Waals surface area contributed by atoms with Gasteiger partial charge in [-0.2, -0.15) is 5.10 Å². The zero-order valence-electron chi connectivity index (χ0n) is 15.3. The van der Waals surface area contributed by atoms with Crippen molar-refractivity contribution >= 4 is 34.6 Å². The predicted octanol–water partition coefficient (Wildman–Crippen LogP) is 3.52. The summed E-state index contributed by atoms with van der Waals surface area (Å²) in [6.45, 7) is 1.97. The van der Waals surface area contributed by atoms with E-state index in [1.54, 1.807) is 11.3 Å². The summed E-state index contributed by atoms with van der Waals surface area (Å²) < 4.78 is 0. The average molecular weight is 382 g/mol. The van der Waals surface area contributed by atoms with Gasteiger partial charge in [-0.3, -0.25) is 9.59 Å². The number of carbonyl (C=O) groups is 2. The zero-order chi connectivity index (χ0) is 18.9. The molecule has 2 amide bonds. The Kier molecular flexibility index (Phi) is 4.78. The van der Waals surface area contributed by atoms with Gasteiger partial charge >= 0.3 is 0 Å². The lowest BCUT2D eigenvalue weighted by molar-refractivity contribution is -0.119. The van der Waals surface area contributed by atoms with Gasteiger partial charge in [0.05, 0.1) is 11.2 Å². The van der Waals surface area contributed by atoms with E-state index in [9.17, 15) is 9.59 Å². The van der Waals surface area contributed by atoms with Crippen LogP contribution in [0.2, 0.25) is 0 Å². The number of thiazole rings is 1. The Balaban J connectivity index is 1.59. The van der Waals surface area contributed by atoms with Crippen LogP contribution in [0.1, 0.15) is 49.2 Å². The molecule has 0 unspecified atom stereocenters. The van der Waals surface area contributed by atoms with Gasteiger partial charge in [-0.15, -0.1) is 11.3 Å². The fraction of sp³-hybridized carbons (Fsp3) is 0.400. The molecule has 0 radical (unpaired) electrons. The molecular formula is C20H22N4O2S. The molecule has 2 aromatic rings. The largest absolute Gasteiger partial charge is 0.339 e. The van der Waals surface area contributed by atoms with Gasteiger partial charge in [-0.1, -0.05) is 31.0 Å². The second kappa shape index (κ2) is 7.23. The third kappa shape index (κ3) is 3.51. The summed E-state index contributed by atoms with van der Waals surface area (Å²) in [4.78, 5) is 29.9. The highest BCUT2D eigenvalue weighted by atomic mass is 32.1. The maximum absolute atomic E-state index is 13.0. The van der Waals surface area contributed by atoms with E-state index in [-0.39, 0.29) is 18.2 Å². The summed E-state index contributed by atoms with van der Waals surface area (Å²) in [6, 6.07) is 9.23. The number of nitrogens with one attached hydrogen (secondary N) is 1. The lowest BCUT2D eigenvalue weighted by atomic mass is 9.97. The first-order valence-electron chi connectivity index (χ1n) is 9.28. The maximum Gasteiger partial charge on any atom is 0.268 e.